The summed E-state index contributed by atoms with van der Waals surface area (Å²) < 4.78 is 1.13. The highest BCUT2D eigenvalue weighted by Crippen LogP contribution is 2.21. The van der Waals surface area contributed by atoms with Crippen LogP contribution in [0, 0.1) is 0 Å². The van der Waals surface area contributed by atoms with E-state index >= 15 is 0 Å². The Kier molecular flexibility index (Phi) is 4.78. The molecule has 0 atom stereocenters. The van der Waals surface area contributed by atoms with E-state index < -0.39 is 0 Å². The zero-order valence-corrected chi connectivity index (χ0v) is 10.6. The number of alkyl halides is 1. The number of rotatable bonds is 3. The summed E-state index contributed by atoms with van der Waals surface area (Å²) in [5, 5.41) is 0. The Labute approximate surface area is 94.9 Å². The van der Waals surface area contributed by atoms with Crippen molar-refractivity contribution in [3.05, 3.63) is 34.9 Å². The molecule has 0 radical (unpaired) electrons. The zero-order valence-electron chi connectivity index (χ0n) is 8.44. The van der Waals surface area contributed by atoms with Crippen molar-refractivity contribution in [3.63, 3.8) is 0 Å². The van der Waals surface area contributed by atoms with Gasteiger partial charge in [0.05, 0.1) is 0 Å². The van der Waals surface area contributed by atoms with Crippen LogP contribution < -0.4 is 0 Å². The molecule has 0 aromatic heterocycles. The summed E-state index contributed by atoms with van der Waals surface area (Å²) in [4.78, 5) is 0. The van der Waals surface area contributed by atoms with E-state index in [1.807, 2.05) is 0 Å². The molecular weight excluding hydrogens is 271 g/mol. The topological polar surface area (TPSA) is 0 Å². The van der Waals surface area contributed by atoms with Crippen LogP contribution in [0.2, 0.25) is 0 Å². The van der Waals surface area contributed by atoms with Crippen molar-refractivity contribution >= 4 is 22.6 Å². The maximum atomic E-state index is 2.43. The molecule has 0 aliphatic heterocycles. The molecule has 0 heterocycles. The molecule has 1 rings (SSSR count). The molecule has 72 valence electrons. The van der Waals surface area contributed by atoms with Gasteiger partial charge in [0.25, 0.3) is 0 Å². The van der Waals surface area contributed by atoms with E-state index in [-0.39, 0.29) is 0 Å². The first-order chi connectivity index (χ1) is 6.30. The maximum Gasteiger partial charge on any atom is 0.0244 e. The first-order valence-corrected chi connectivity index (χ1v) is 6.47. The molecular formula is C12H17I. The summed E-state index contributed by atoms with van der Waals surface area (Å²) in [6.45, 7) is 4.47. The minimum atomic E-state index is 1.13. The highest BCUT2D eigenvalue weighted by Gasteiger charge is 2.02. The lowest BCUT2D eigenvalue weighted by atomic mass is 10.1. The van der Waals surface area contributed by atoms with Gasteiger partial charge in [-0.2, -0.15) is 0 Å². The van der Waals surface area contributed by atoms with Crippen molar-refractivity contribution in [1.82, 2.24) is 0 Å². The summed E-state index contributed by atoms with van der Waals surface area (Å²) in [5.74, 6) is 0. The van der Waals surface area contributed by atoms with Gasteiger partial charge in [-0.3, -0.25) is 0 Å². The van der Waals surface area contributed by atoms with Crippen LogP contribution in [0.25, 0.3) is 0 Å². The lowest BCUT2D eigenvalue weighted by Crippen LogP contribution is -1.80. The molecule has 0 fully saturated rings. The smallest absolute Gasteiger partial charge is 0.0244 e. The quantitative estimate of drug-likeness (QED) is 0.532. The van der Waals surface area contributed by atoms with Crippen LogP contribution in [0.4, 0.5) is 0 Å². The molecule has 0 saturated heterocycles. The van der Waals surface area contributed by atoms with E-state index in [1.165, 1.54) is 17.6 Å². The lowest BCUT2D eigenvalue weighted by Gasteiger charge is -1.99. The fourth-order valence-corrected chi connectivity index (χ4v) is 2.00. The third-order valence-corrected chi connectivity index (χ3v) is 3.28. The second kappa shape index (κ2) is 5.63. The Balaban J connectivity index is 2.87. The normalized spacial score (nSPS) is 17.3. The third kappa shape index (κ3) is 3.29. The average molecular weight is 288 g/mol. The second-order valence-corrected chi connectivity index (χ2v) is 4.11. The summed E-state index contributed by atoms with van der Waals surface area (Å²) >= 11 is 2.43. The molecule has 0 aromatic rings. The second-order valence-electron chi connectivity index (χ2n) is 3.35. The van der Waals surface area contributed by atoms with Crippen LogP contribution >= 0.6 is 22.6 Å². The Bertz CT molecular complexity index is 256. The van der Waals surface area contributed by atoms with Gasteiger partial charge in [0, 0.05) is 4.43 Å². The van der Waals surface area contributed by atoms with E-state index in [1.54, 1.807) is 5.57 Å². The number of hydrogen-bond acceptors (Lipinski definition) is 0. The van der Waals surface area contributed by atoms with Crippen LogP contribution in [-0.2, 0) is 0 Å². The lowest BCUT2D eigenvalue weighted by molar-refractivity contribution is 1.02. The van der Waals surface area contributed by atoms with Crippen molar-refractivity contribution < 1.29 is 0 Å². The summed E-state index contributed by atoms with van der Waals surface area (Å²) in [7, 11) is 0. The molecule has 1 aliphatic rings. The van der Waals surface area contributed by atoms with Gasteiger partial charge in [0.1, 0.15) is 0 Å². The average Bonchev–Trinajstić information content (AvgIpc) is 2.39. The van der Waals surface area contributed by atoms with Crippen LogP contribution in [0.1, 0.15) is 33.1 Å². The Morgan fingerprint density at radius 3 is 2.46 bits per heavy atom. The number of halogens is 1. The maximum absolute atomic E-state index is 2.43. The molecule has 0 aromatic carbocycles. The van der Waals surface area contributed by atoms with Gasteiger partial charge in [-0.1, -0.05) is 60.2 Å². The standard InChI is InChI=1S/C12H17I/c1-3-10-5-6-12(9-13)8-11(4-2)7-10/h6-8H,3-5,9H2,1-2H3. The van der Waals surface area contributed by atoms with E-state index in [0.29, 0.717) is 0 Å². The Hall–Kier alpha value is -0.0500. The number of allylic oxidation sites excluding steroid dienone is 6. The van der Waals surface area contributed by atoms with Crippen molar-refractivity contribution in [2.24, 2.45) is 0 Å². The molecule has 0 bridgehead atoms. The zero-order chi connectivity index (χ0) is 9.68. The van der Waals surface area contributed by atoms with Gasteiger partial charge in [-0.05, 0) is 30.4 Å². The van der Waals surface area contributed by atoms with Crippen LogP contribution in [0.3, 0.4) is 0 Å². The minimum absolute atomic E-state index is 1.13. The molecule has 1 aliphatic carbocycles. The van der Waals surface area contributed by atoms with Crippen molar-refractivity contribution in [3.8, 4) is 0 Å². The third-order valence-electron chi connectivity index (χ3n) is 2.40. The molecule has 0 nitrogen and oxygen atoms in total. The Morgan fingerprint density at radius 2 is 1.92 bits per heavy atom. The summed E-state index contributed by atoms with van der Waals surface area (Å²) in [6, 6.07) is 0. The van der Waals surface area contributed by atoms with E-state index in [0.717, 1.165) is 17.3 Å². The molecule has 1 heteroatoms. The van der Waals surface area contributed by atoms with Gasteiger partial charge in [0.2, 0.25) is 0 Å². The molecule has 0 unspecified atom stereocenters. The molecule has 0 saturated carbocycles. The van der Waals surface area contributed by atoms with Gasteiger partial charge >= 0.3 is 0 Å². The van der Waals surface area contributed by atoms with E-state index in [2.05, 4.69) is 54.7 Å². The SMILES string of the molecule is CCC1=CC(CI)=CCC(CC)=C1. The van der Waals surface area contributed by atoms with Crippen molar-refractivity contribution in [1.29, 1.82) is 0 Å². The van der Waals surface area contributed by atoms with E-state index in [9.17, 15) is 0 Å². The predicted octanol–water partition coefficient (Wildman–Crippen LogP) is 4.42. The van der Waals surface area contributed by atoms with Gasteiger partial charge in [0.15, 0.2) is 0 Å². The summed E-state index contributed by atoms with van der Waals surface area (Å²) in [6.07, 6.45) is 10.6. The van der Waals surface area contributed by atoms with Crippen LogP contribution in [0.15, 0.2) is 34.9 Å². The minimum Gasteiger partial charge on any atom is -0.0812 e. The number of hydrogen-bond donors (Lipinski definition) is 0. The first-order valence-electron chi connectivity index (χ1n) is 4.95. The van der Waals surface area contributed by atoms with Crippen molar-refractivity contribution in [2.45, 2.75) is 33.1 Å². The van der Waals surface area contributed by atoms with E-state index in [4.69, 9.17) is 0 Å². The van der Waals surface area contributed by atoms with Gasteiger partial charge in [-0.15, -0.1) is 0 Å². The fraction of sp³-hybridized carbons (Fsp3) is 0.500. The Morgan fingerprint density at radius 1 is 1.15 bits per heavy atom. The predicted molar refractivity (Wildman–Crippen MR) is 68.3 cm³/mol. The largest absolute Gasteiger partial charge is 0.0812 e. The fourth-order valence-electron chi connectivity index (χ4n) is 1.47. The van der Waals surface area contributed by atoms with Crippen LogP contribution in [0.5, 0.6) is 0 Å². The van der Waals surface area contributed by atoms with Gasteiger partial charge < -0.3 is 0 Å². The molecule has 0 N–H and O–H groups in total. The van der Waals surface area contributed by atoms with Crippen molar-refractivity contribution in [2.75, 3.05) is 4.43 Å². The van der Waals surface area contributed by atoms with Crippen LogP contribution in [-0.4, -0.2) is 4.43 Å². The molecule has 0 amide bonds. The molecule has 0 spiro atoms. The highest BCUT2D eigenvalue weighted by atomic mass is 127. The molecule has 13 heavy (non-hydrogen) atoms. The highest BCUT2D eigenvalue weighted by molar-refractivity contribution is 14.1. The monoisotopic (exact) mass is 288 g/mol. The van der Waals surface area contributed by atoms with Gasteiger partial charge in [-0.25, -0.2) is 0 Å². The summed E-state index contributed by atoms with van der Waals surface area (Å²) in [5.41, 5.74) is 4.53. The first kappa shape index (κ1) is 11.0.